The van der Waals surface area contributed by atoms with Crippen LogP contribution in [0.4, 0.5) is 5.13 Å². The first-order valence-electron chi connectivity index (χ1n) is 9.37. The molecule has 0 bridgehead atoms. The van der Waals surface area contributed by atoms with Crippen LogP contribution in [0.3, 0.4) is 0 Å². The molecule has 1 aliphatic heterocycles. The highest BCUT2D eigenvalue weighted by Gasteiger charge is 2.24. The molecule has 0 aliphatic carbocycles. The van der Waals surface area contributed by atoms with Crippen LogP contribution < -0.4 is 9.64 Å². The first-order valence-corrected chi connectivity index (χ1v) is 10.5. The van der Waals surface area contributed by atoms with Gasteiger partial charge in [-0.25, -0.2) is 4.98 Å². The summed E-state index contributed by atoms with van der Waals surface area (Å²) in [4.78, 5) is 21.5. The molecule has 2 heterocycles. The summed E-state index contributed by atoms with van der Waals surface area (Å²) in [5, 5.41) is 1.63. The van der Waals surface area contributed by atoms with Crippen molar-refractivity contribution in [2.24, 2.45) is 0 Å². The van der Waals surface area contributed by atoms with Crippen molar-refractivity contribution < 1.29 is 9.53 Å². The minimum absolute atomic E-state index is 0.0491. The topological polar surface area (TPSA) is 58.6 Å². The predicted octanol–water partition coefficient (Wildman–Crippen LogP) is 3.75. The number of carbonyl (C=O) groups is 1. The van der Waals surface area contributed by atoms with Crippen molar-refractivity contribution in [1.29, 1.82) is 0 Å². The highest BCUT2D eigenvalue weighted by molar-refractivity contribution is 7.09. The molecule has 8 heteroatoms. The van der Waals surface area contributed by atoms with Crippen LogP contribution in [0.15, 0.2) is 48.5 Å². The molecule has 4 rings (SSSR count). The predicted molar refractivity (Wildman–Crippen MR) is 115 cm³/mol. The van der Waals surface area contributed by atoms with Crippen molar-refractivity contribution in [3.8, 4) is 5.75 Å². The van der Waals surface area contributed by atoms with Crippen LogP contribution in [0.25, 0.3) is 0 Å². The number of rotatable bonds is 5. The Bertz CT molecular complexity index is 967. The molecule has 150 valence electrons. The first kappa shape index (κ1) is 19.7. The van der Waals surface area contributed by atoms with Crippen molar-refractivity contribution in [3.05, 3.63) is 70.5 Å². The van der Waals surface area contributed by atoms with E-state index >= 15 is 0 Å². The van der Waals surface area contributed by atoms with Gasteiger partial charge >= 0.3 is 0 Å². The molecule has 0 N–H and O–H groups in total. The van der Waals surface area contributed by atoms with Crippen molar-refractivity contribution >= 4 is 34.2 Å². The van der Waals surface area contributed by atoms with E-state index in [0.717, 1.165) is 40.4 Å². The zero-order valence-electron chi connectivity index (χ0n) is 16.0. The molecule has 3 aromatic rings. The lowest BCUT2D eigenvalue weighted by atomic mass is 10.1. The molecule has 1 saturated heterocycles. The summed E-state index contributed by atoms with van der Waals surface area (Å²) in [7, 11) is 1.62. The summed E-state index contributed by atoms with van der Waals surface area (Å²) in [6.07, 6.45) is 0.684. The Morgan fingerprint density at radius 2 is 1.76 bits per heavy atom. The van der Waals surface area contributed by atoms with Gasteiger partial charge in [0.2, 0.25) is 5.13 Å². The number of hydrogen-bond donors (Lipinski definition) is 0. The van der Waals surface area contributed by atoms with E-state index in [0.29, 0.717) is 25.1 Å². The van der Waals surface area contributed by atoms with Gasteiger partial charge in [0.1, 0.15) is 11.6 Å². The van der Waals surface area contributed by atoms with E-state index in [1.54, 1.807) is 19.2 Å². The van der Waals surface area contributed by atoms with E-state index in [-0.39, 0.29) is 5.91 Å². The molecule has 0 spiro atoms. The molecule has 0 radical (unpaired) electrons. The number of methoxy groups -OCH3 is 1. The molecule has 0 unspecified atom stereocenters. The SMILES string of the molecule is COc1ccc(C(=O)N2CCN(c3nc(Cc4ccc(Cl)cc4)ns3)CC2)cc1. The molecule has 1 fully saturated rings. The second-order valence-corrected chi connectivity index (χ2v) is 7.97. The molecule has 29 heavy (non-hydrogen) atoms. The highest BCUT2D eigenvalue weighted by Crippen LogP contribution is 2.22. The quantitative estimate of drug-likeness (QED) is 0.619. The van der Waals surface area contributed by atoms with E-state index in [1.807, 2.05) is 41.3 Å². The van der Waals surface area contributed by atoms with Gasteiger partial charge in [-0.2, -0.15) is 4.37 Å². The van der Waals surface area contributed by atoms with Gasteiger partial charge in [-0.05, 0) is 42.0 Å². The fourth-order valence-electron chi connectivity index (χ4n) is 3.25. The average molecular weight is 429 g/mol. The number of amides is 1. The molecular weight excluding hydrogens is 408 g/mol. The Morgan fingerprint density at radius 1 is 1.07 bits per heavy atom. The first-order chi connectivity index (χ1) is 14.1. The molecule has 1 aromatic heterocycles. The van der Waals surface area contributed by atoms with Crippen molar-refractivity contribution in [1.82, 2.24) is 14.3 Å². The molecule has 0 atom stereocenters. The number of carbonyl (C=O) groups excluding carboxylic acids is 1. The van der Waals surface area contributed by atoms with Crippen LogP contribution in [0.5, 0.6) is 5.75 Å². The summed E-state index contributed by atoms with van der Waals surface area (Å²) < 4.78 is 9.64. The number of benzene rings is 2. The lowest BCUT2D eigenvalue weighted by Crippen LogP contribution is -2.48. The highest BCUT2D eigenvalue weighted by atomic mass is 35.5. The molecule has 0 saturated carbocycles. The maximum absolute atomic E-state index is 12.7. The maximum atomic E-state index is 12.7. The average Bonchev–Trinajstić information content (AvgIpc) is 3.23. The zero-order chi connectivity index (χ0) is 20.2. The summed E-state index contributed by atoms with van der Waals surface area (Å²) in [5.41, 5.74) is 1.81. The maximum Gasteiger partial charge on any atom is 0.253 e. The van der Waals surface area contributed by atoms with Gasteiger partial charge in [0.25, 0.3) is 5.91 Å². The number of ether oxygens (including phenoxy) is 1. The van der Waals surface area contributed by atoms with Gasteiger partial charge in [0, 0.05) is 54.7 Å². The van der Waals surface area contributed by atoms with Crippen LogP contribution in [0.2, 0.25) is 5.02 Å². The number of piperazine rings is 1. The molecular formula is C21H21ClN4O2S. The Morgan fingerprint density at radius 3 is 2.41 bits per heavy atom. The number of aromatic nitrogens is 2. The van der Waals surface area contributed by atoms with E-state index in [1.165, 1.54) is 11.5 Å². The van der Waals surface area contributed by atoms with E-state index < -0.39 is 0 Å². The van der Waals surface area contributed by atoms with Crippen LogP contribution in [-0.2, 0) is 6.42 Å². The van der Waals surface area contributed by atoms with E-state index in [9.17, 15) is 4.79 Å². The number of anilines is 1. The van der Waals surface area contributed by atoms with Crippen molar-refractivity contribution in [2.75, 3.05) is 38.2 Å². The number of halogens is 1. The monoisotopic (exact) mass is 428 g/mol. The van der Waals surface area contributed by atoms with Gasteiger partial charge in [0.05, 0.1) is 7.11 Å². The van der Waals surface area contributed by atoms with Crippen LogP contribution in [0, 0.1) is 0 Å². The van der Waals surface area contributed by atoms with Crippen molar-refractivity contribution in [2.45, 2.75) is 6.42 Å². The minimum Gasteiger partial charge on any atom is -0.497 e. The van der Waals surface area contributed by atoms with Gasteiger partial charge < -0.3 is 14.5 Å². The van der Waals surface area contributed by atoms with E-state index in [2.05, 4.69) is 14.3 Å². The standard InChI is InChI=1S/C21H21ClN4O2S/c1-28-18-8-4-16(5-9-18)20(27)25-10-12-26(13-11-25)21-23-19(24-29-21)14-15-2-6-17(22)7-3-15/h2-9H,10-14H2,1H3. The molecule has 1 aliphatic rings. The Labute approximate surface area is 178 Å². The molecule has 1 amide bonds. The molecule has 2 aromatic carbocycles. The smallest absolute Gasteiger partial charge is 0.253 e. The third kappa shape index (κ3) is 4.68. The normalized spacial score (nSPS) is 14.1. The number of hydrogen-bond acceptors (Lipinski definition) is 6. The second kappa shape index (κ2) is 8.80. The Kier molecular flexibility index (Phi) is 5.97. The minimum atomic E-state index is 0.0491. The van der Waals surface area contributed by atoms with Gasteiger partial charge in [-0.3, -0.25) is 4.79 Å². The second-order valence-electron chi connectivity index (χ2n) is 6.80. The van der Waals surface area contributed by atoms with Gasteiger partial charge in [-0.1, -0.05) is 23.7 Å². The lowest BCUT2D eigenvalue weighted by molar-refractivity contribution is 0.0746. The zero-order valence-corrected chi connectivity index (χ0v) is 17.6. The van der Waals surface area contributed by atoms with Gasteiger partial charge in [0.15, 0.2) is 0 Å². The summed E-state index contributed by atoms with van der Waals surface area (Å²) >= 11 is 7.35. The van der Waals surface area contributed by atoms with Crippen LogP contribution in [-0.4, -0.2) is 53.5 Å². The Hall–Kier alpha value is -2.64. The lowest BCUT2D eigenvalue weighted by Gasteiger charge is -2.34. The number of nitrogens with zero attached hydrogens (tertiary/aromatic N) is 4. The fraction of sp³-hybridized carbons (Fsp3) is 0.286. The summed E-state index contributed by atoms with van der Waals surface area (Å²) in [6, 6.07) is 15.0. The summed E-state index contributed by atoms with van der Waals surface area (Å²) in [5.74, 6) is 1.61. The third-order valence-electron chi connectivity index (χ3n) is 4.91. The summed E-state index contributed by atoms with van der Waals surface area (Å²) in [6.45, 7) is 2.82. The Balaban J connectivity index is 1.34. The largest absolute Gasteiger partial charge is 0.497 e. The van der Waals surface area contributed by atoms with E-state index in [4.69, 9.17) is 16.3 Å². The molecule has 6 nitrogen and oxygen atoms in total. The fourth-order valence-corrected chi connectivity index (χ4v) is 4.11. The third-order valence-corrected chi connectivity index (χ3v) is 5.97. The van der Waals surface area contributed by atoms with Crippen LogP contribution >= 0.6 is 23.1 Å². The van der Waals surface area contributed by atoms with Gasteiger partial charge in [-0.15, -0.1) is 0 Å². The van der Waals surface area contributed by atoms with Crippen LogP contribution in [0.1, 0.15) is 21.7 Å². The van der Waals surface area contributed by atoms with Crippen molar-refractivity contribution in [3.63, 3.8) is 0 Å².